The smallest absolute Gasteiger partial charge is 0.318 e. The van der Waals surface area contributed by atoms with Gasteiger partial charge in [-0.05, 0) is 76.4 Å². The Hall–Kier alpha value is -3.67. The van der Waals surface area contributed by atoms with Crippen LogP contribution in [0, 0.1) is 41.5 Å². The Kier molecular flexibility index (Phi) is 6.39. The molecule has 0 saturated heterocycles. The van der Waals surface area contributed by atoms with Gasteiger partial charge in [-0.15, -0.1) is 0 Å². The van der Waals surface area contributed by atoms with Gasteiger partial charge in [0.05, 0.1) is 6.21 Å². The summed E-state index contributed by atoms with van der Waals surface area (Å²) in [4.78, 5) is 24.3. The Labute approximate surface area is 183 Å². The zero-order chi connectivity index (χ0) is 22.7. The average Bonchev–Trinajstić information content (AvgIpc) is 2.98. The number of rotatable bonds is 4. The van der Waals surface area contributed by atoms with Crippen molar-refractivity contribution in [2.75, 3.05) is 5.32 Å². The number of nitrogens with zero attached hydrogens (tertiary/aromatic N) is 2. The van der Waals surface area contributed by atoms with Crippen LogP contribution in [0.2, 0.25) is 0 Å². The van der Waals surface area contributed by atoms with Gasteiger partial charge in [0.15, 0.2) is 0 Å². The van der Waals surface area contributed by atoms with E-state index in [-0.39, 0.29) is 0 Å². The molecule has 1 aromatic heterocycles. The largest absolute Gasteiger partial charge is 0.329 e. The molecule has 0 unspecified atom stereocenters. The quantitative estimate of drug-likeness (QED) is 0.375. The number of carbonyl (C=O) groups excluding carboxylic acids is 2. The predicted octanol–water partition coefficient (Wildman–Crippen LogP) is 4.42. The second-order valence-electron chi connectivity index (χ2n) is 7.92. The van der Waals surface area contributed by atoms with Gasteiger partial charge in [0.1, 0.15) is 0 Å². The number of hydrogen-bond acceptors (Lipinski definition) is 3. The van der Waals surface area contributed by atoms with Crippen molar-refractivity contribution in [1.29, 1.82) is 0 Å². The number of anilines is 1. The molecule has 31 heavy (non-hydrogen) atoms. The summed E-state index contributed by atoms with van der Waals surface area (Å²) in [7, 11) is 0. The van der Waals surface area contributed by atoms with Crippen LogP contribution in [0.25, 0.3) is 5.69 Å². The van der Waals surface area contributed by atoms with E-state index in [0.29, 0.717) is 5.69 Å². The fourth-order valence-electron chi connectivity index (χ4n) is 3.61. The van der Waals surface area contributed by atoms with E-state index in [1.807, 2.05) is 52.0 Å². The lowest BCUT2D eigenvalue weighted by molar-refractivity contribution is -0.136. The molecule has 0 saturated carbocycles. The Balaban J connectivity index is 1.72. The van der Waals surface area contributed by atoms with E-state index >= 15 is 0 Å². The number of aryl methyl sites for hydroxylation is 5. The molecule has 2 amide bonds. The van der Waals surface area contributed by atoms with Gasteiger partial charge in [-0.25, -0.2) is 5.43 Å². The number of amides is 2. The summed E-state index contributed by atoms with van der Waals surface area (Å²) in [5.41, 5.74) is 11.2. The van der Waals surface area contributed by atoms with E-state index in [0.717, 1.165) is 33.8 Å². The number of hydrogen-bond donors (Lipinski definition) is 2. The van der Waals surface area contributed by atoms with Gasteiger partial charge in [0.2, 0.25) is 0 Å². The SMILES string of the molecule is Cc1ccc(-n2c(C)cc(/C=N\NC(=O)C(=O)Nc3cc(C)ccc3C)c2C)c(C)c1. The van der Waals surface area contributed by atoms with Crippen LogP contribution in [-0.4, -0.2) is 22.6 Å². The molecule has 0 aliphatic carbocycles. The summed E-state index contributed by atoms with van der Waals surface area (Å²) in [5.74, 6) is -1.58. The van der Waals surface area contributed by atoms with Gasteiger partial charge >= 0.3 is 11.8 Å². The van der Waals surface area contributed by atoms with Crippen molar-refractivity contribution in [3.8, 4) is 5.69 Å². The lowest BCUT2D eigenvalue weighted by Crippen LogP contribution is -2.32. The summed E-state index contributed by atoms with van der Waals surface area (Å²) < 4.78 is 2.16. The maximum Gasteiger partial charge on any atom is 0.329 e. The Morgan fingerprint density at radius 3 is 2.23 bits per heavy atom. The van der Waals surface area contributed by atoms with E-state index in [4.69, 9.17) is 0 Å². The van der Waals surface area contributed by atoms with Gasteiger partial charge in [0.25, 0.3) is 0 Å². The van der Waals surface area contributed by atoms with Crippen molar-refractivity contribution in [3.63, 3.8) is 0 Å². The molecule has 2 N–H and O–H groups in total. The van der Waals surface area contributed by atoms with Crippen molar-refractivity contribution in [3.05, 3.63) is 81.7 Å². The Bertz CT molecular complexity index is 1190. The molecule has 3 aromatic rings. The molecule has 6 nitrogen and oxygen atoms in total. The van der Waals surface area contributed by atoms with Crippen molar-refractivity contribution in [1.82, 2.24) is 9.99 Å². The van der Waals surface area contributed by atoms with Crippen LogP contribution >= 0.6 is 0 Å². The van der Waals surface area contributed by atoms with Crippen LogP contribution in [0.15, 0.2) is 47.6 Å². The van der Waals surface area contributed by atoms with Gasteiger partial charge in [-0.2, -0.15) is 5.10 Å². The van der Waals surface area contributed by atoms with Crippen molar-refractivity contribution in [2.45, 2.75) is 41.5 Å². The molecule has 1 heterocycles. The van der Waals surface area contributed by atoms with Crippen molar-refractivity contribution < 1.29 is 9.59 Å². The lowest BCUT2D eigenvalue weighted by atomic mass is 10.1. The summed E-state index contributed by atoms with van der Waals surface area (Å²) >= 11 is 0. The summed E-state index contributed by atoms with van der Waals surface area (Å²) in [6.07, 6.45) is 1.56. The molecule has 0 atom stereocenters. The highest BCUT2D eigenvalue weighted by Crippen LogP contribution is 2.23. The number of aromatic nitrogens is 1. The molecule has 0 bridgehead atoms. The second-order valence-corrected chi connectivity index (χ2v) is 7.92. The lowest BCUT2D eigenvalue weighted by Gasteiger charge is -2.13. The molecule has 0 radical (unpaired) electrons. The fourth-order valence-corrected chi connectivity index (χ4v) is 3.61. The standard InChI is InChI=1S/C25H28N4O2/c1-15-8-10-23(18(4)11-15)29-19(5)13-21(20(29)6)14-26-28-25(31)24(30)27-22-12-16(2)7-9-17(22)3/h7-14H,1-6H3,(H,27,30)(H,28,31)/b26-14-. The van der Waals surface area contributed by atoms with E-state index < -0.39 is 11.8 Å². The van der Waals surface area contributed by atoms with Crippen LogP contribution in [0.3, 0.4) is 0 Å². The van der Waals surface area contributed by atoms with Crippen molar-refractivity contribution >= 4 is 23.7 Å². The van der Waals surface area contributed by atoms with Crippen LogP contribution in [0.1, 0.15) is 39.2 Å². The highest BCUT2D eigenvalue weighted by atomic mass is 16.2. The highest BCUT2D eigenvalue weighted by molar-refractivity contribution is 6.39. The number of hydrazone groups is 1. The maximum absolute atomic E-state index is 12.2. The molecule has 6 heteroatoms. The first kappa shape index (κ1) is 22.0. The van der Waals surface area contributed by atoms with E-state index in [2.05, 4.69) is 52.5 Å². The predicted molar refractivity (Wildman–Crippen MR) is 125 cm³/mol. The van der Waals surface area contributed by atoms with Crippen LogP contribution in [0.5, 0.6) is 0 Å². The summed E-state index contributed by atoms with van der Waals surface area (Å²) in [5, 5.41) is 6.62. The number of nitrogens with one attached hydrogen (secondary N) is 2. The third-order valence-corrected chi connectivity index (χ3v) is 5.28. The highest BCUT2D eigenvalue weighted by Gasteiger charge is 2.15. The fraction of sp³-hybridized carbons (Fsp3) is 0.240. The molecular weight excluding hydrogens is 388 g/mol. The first-order valence-electron chi connectivity index (χ1n) is 10.2. The molecule has 160 valence electrons. The number of benzene rings is 2. The van der Waals surface area contributed by atoms with Crippen LogP contribution < -0.4 is 10.7 Å². The summed E-state index contributed by atoms with van der Waals surface area (Å²) in [6, 6.07) is 14.0. The molecule has 0 aliphatic heterocycles. The minimum Gasteiger partial charge on any atom is -0.318 e. The van der Waals surface area contributed by atoms with Gasteiger partial charge < -0.3 is 9.88 Å². The minimum absolute atomic E-state index is 0.612. The molecule has 3 rings (SSSR count). The minimum atomic E-state index is -0.819. The topological polar surface area (TPSA) is 75.5 Å². The Morgan fingerprint density at radius 1 is 0.839 bits per heavy atom. The second kappa shape index (κ2) is 9.00. The maximum atomic E-state index is 12.2. The third-order valence-electron chi connectivity index (χ3n) is 5.28. The first-order valence-corrected chi connectivity index (χ1v) is 10.2. The molecular formula is C25H28N4O2. The Morgan fingerprint density at radius 2 is 1.52 bits per heavy atom. The summed E-state index contributed by atoms with van der Waals surface area (Å²) in [6.45, 7) is 12.0. The first-order chi connectivity index (χ1) is 14.7. The zero-order valence-electron chi connectivity index (χ0n) is 18.8. The van der Waals surface area contributed by atoms with E-state index in [9.17, 15) is 9.59 Å². The molecule has 0 spiro atoms. The van der Waals surface area contributed by atoms with Gasteiger partial charge in [-0.1, -0.05) is 29.8 Å². The van der Waals surface area contributed by atoms with Crippen LogP contribution in [-0.2, 0) is 9.59 Å². The van der Waals surface area contributed by atoms with Gasteiger partial charge in [0, 0.05) is 28.3 Å². The van der Waals surface area contributed by atoms with Crippen molar-refractivity contribution in [2.24, 2.45) is 5.10 Å². The van der Waals surface area contributed by atoms with Crippen LogP contribution in [0.4, 0.5) is 5.69 Å². The van der Waals surface area contributed by atoms with E-state index in [1.54, 1.807) is 6.21 Å². The average molecular weight is 417 g/mol. The molecule has 0 fully saturated rings. The number of carbonyl (C=O) groups is 2. The van der Waals surface area contributed by atoms with E-state index in [1.165, 1.54) is 11.1 Å². The van der Waals surface area contributed by atoms with Gasteiger partial charge in [-0.3, -0.25) is 9.59 Å². The molecule has 2 aromatic carbocycles. The third kappa shape index (κ3) is 4.91. The normalized spacial score (nSPS) is 11.0. The zero-order valence-corrected chi connectivity index (χ0v) is 18.8. The monoisotopic (exact) mass is 416 g/mol. The molecule has 0 aliphatic rings.